The maximum Gasteiger partial charge on any atom is 0.306 e. The number of nitrogens with one attached hydrogen (secondary N) is 1. The molecule has 142 valence electrons. The van der Waals surface area contributed by atoms with Gasteiger partial charge in [0.15, 0.2) is 0 Å². The van der Waals surface area contributed by atoms with Gasteiger partial charge in [-0.05, 0) is 61.8 Å². The molecule has 1 aliphatic heterocycles. The quantitative estimate of drug-likeness (QED) is 0.764. The SMILES string of the molecule is O=C(Nc1cccc(CN2CCC(C(=O)O)CC2)c1)c1ccc(Cl)cc1Cl. The highest BCUT2D eigenvalue weighted by Crippen LogP contribution is 2.23. The number of piperidine rings is 1. The summed E-state index contributed by atoms with van der Waals surface area (Å²) in [5.74, 6) is -1.24. The topological polar surface area (TPSA) is 69.6 Å². The first kappa shape index (κ1) is 19.7. The molecule has 0 unspecified atom stereocenters. The van der Waals surface area contributed by atoms with Crippen molar-refractivity contribution in [2.45, 2.75) is 19.4 Å². The summed E-state index contributed by atoms with van der Waals surface area (Å²) < 4.78 is 0. The first-order valence-electron chi connectivity index (χ1n) is 8.73. The maximum atomic E-state index is 12.4. The van der Waals surface area contributed by atoms with Gasteiger partial charge in [-0.1, -0.05) is 35.3 Å². The fraction of sp³-hybridized carbons (Fsp3) is 0.300. The number of hydrogen-bond donors (Lipinski definition) is 2. The number of hydrogen-bond acceptors (Lipinski definition) is 3. The Balaban J connectivity index is 1.62. The average Bonchev–Trinajstić information content (AvgIpc) is 2.62. The Hall–Kier alpha value is -2.08. The molecule has 0 saturated carbocycles. The minimum atomic E-state index is -0.708. The minimum absolute atomic E-state index is 0.240. The number of carboxylic acid groups (broad SMARTS) is 1. The summed E-state index contributed by atoms with van der Waals surface area (Å²) in [6.45, 7) is 2.24. The van der Waals surface area contributed by atoms with Gasteiger partial charge in [-0.3, -0.25) is 14.5 Å². The Morgan fingerprint density at radius 1 is 1.11 bits per heavy atom. The van der Waals surface area contributed by atoms with Crippen molar-refractivity contribution >= 4 is 40.8 Å². The van der Waals surface area contributed by atoms with Gasteiger partial charge in [0.05, 0.1) is 16.5 Å². The molecule has 0 bridgehead atoms. The van der Waals surface area contributed by atoms with Crippen LogP contribution in [0.5, 0.6) is 0 Å². The first-order valence-corrected chi connectivity index (χ1v) is 9.48. The maximum absolute atomic E-state index is 12.4. The van der Waals surface area contributed by atoms with Gasteiger partial charge in [0, 0.05) is 17.3 Å². The molecule has 1 saturated heterocycles. The molecule has 2 N–H and O–H groups in total. The number of nitrogens with zero attached hydrogens (tertiary/aromatic N) is 1. The summed E-state index contributed by atoms with van der Waals surface area (Å²) in [6.07, 6.45) is 1.33. The van der Waals surface area contributed by atoms with E-state index in [1.165, 1.54) is 6.07 Å². The molecule has 0 aliphatic carbocycles. The lowest BCUT2D eigenvalue weighted by Crippen LogP contribution is -2.35. The number of anilines is 1. The van der Waals surface area contributed by atoms with Crippen LogP contribution in [0.1, 0.15) is 28.8 Å². The van der Waals surface area contributed by atoms with Gasteiger partial charge in [-0.25, -0.2) is 0 Å². The Kier molecular flexibility index (Phi) is 6.37. The van der Waals surface area contributed by atoms with Gasteiger partial charge in [-0.2, -0.15) is 0 Å². The number of aliphatic carboxylic acids is 1. The van der Waals surface area contributed by atoms with Crippen molar-refractivity contribution in [1.29, 1.82) is 0 Å². The van der Waals surface area contributed by atoms with E-state index in [9.17, 15) is 9.59 Å². The number of carboxylic acids is 1. The van der Waals surface area contributed by atoms with Crippen molar-refractivity contribution in [1.82, 2.24) is 4.90 Å². The molecule has 0 radical (unpaired) electrons. The van der Waals surface area contributed by atoms with Crippen LogP contribution in [-0.2, 0) is 11.3 Å². The highest BCUT2D eigenvalue weighted by atomic mass is 35.5. The van der Waals surface area contributed by atoms with E-state index >= 15 is 0 Å². The highest BCUT2D eigenvalue weighted by Gasteiger charge is 2.24. The van der Waals surface area contributed by atoms with Gasteiger partial charge in [0.2, 0.25) is 0 Å². The van der Waals surface area contributed by atoms with Crippen molar-refractivity contribution in [3.8, 4) is 0 Å². The molecule has 0 spiro atoms. The van der Waals surface area contributed by atoms with Crippen LogP contribution in [0.2, 0.25) is 10.0 Å². The van der Waals surface area contributed by atoms with Gasteiger partial charge < -0.3 is 10.4 Å². The third kappa shape index (κ3) is 5.22. The largest absolute Gasteiger partial charge is 0.481 e. The van der Waals surface area contributed by atoms with E-state index < -0.39 is 5.97 Å². The van der Waals surface area contributed by atoms with Crippen LogP contribution in [-0.4, -0.2) is 35.0 Å². The summed E-state index contributed by atoms with van der Waals surface area (Å²) >= 11 is 12.0. The molecule has 2 aromatic rings. The second-order valence-corrected chi connectivity index (χ2v) is 7.51. The molecule has 1 aliphatic rings. The van der Waals surface area contributed by atoms with E-state index in [0.29, 0.717) is 34.1 Å². The lowest BCUT2D eigenvalue weighted by Gasteiger charge is -2.30. The molecular weight excluding hydrogens is 387 g/mol. The number of likely N-dealkylation sites (tertiary alicyclic amines) is 1. The fourth-order valence-corrected chi connectivity index (χ4v) is 3.71. The number of amides is 1. The lowest BCUT2D eigenvalue weighted by atomic mass is 9.97. The second kappa shape index (κ2) is 8.74. The van der Waals surface area contributed by atoms with Gasteiger partial charge >= 0.3 is 5.97 Å². The predicted octanol–water partition coefficient (Wildman–Crippen LogP) is 4.54. The van der Waals surface area contributed by atoms with Crippen molar-refractivity contribution in [2.24, 2.45) is 5.92 Å². The number of rotatable bonds is 5. The van der Waals surface area contributed by atoms with Crippen LogP contribution < -0.4 is 5.32 Å². The molecule has 3 rings (SSSR count). The van der Waals surface area contributed by atoms with Gasteiger partial charge in [0.1, 0.15) is 0 Å². The number of benzene rings is 2. The molecule has 2 aromatic carbocycles. The normalized spacial score (nSPS) is 15.5. The Morgan fingerprint density at radius 2 is 1.85 bits per heavy atom. The molecule has 5 nitrogen and oxygen atoms in total. The molecule has 7 heteroatoms. The third-order valence-electron chi connectivity index (χ3n) is 4.70. The Morgan fingerprint density at radius 3 is 2.52 bits per heavy atom. The Labute approximate surface area is 167 Å². The minimum Gasteiger partial charge on any atom is -0.481 e. The molecule has 1 fully saturated rings. The Bertz CT molecular complexity index is 849. The number of carbonyl (C=O) groups excluding carboxylic acids is 1. The van der Waals surface area contributed by atoms with Crippen LogP contribution in [0.3, 0.4) is 0 Å². The average molecular weight is 407 g/mol. The van der Waals surface area contributed by atoms with E-state index in [2.05, 4.69) is 10.2 Å². The predicted molar refractivity (Wildman–Crippen MR) is 106 cm³/mol. The van der Waals surface area contributed by atoms with Crippen molar-refractivity contribution in [3.05, 3.63) is 63.6 Å². The fourth-order valence-electron chi connectivity index (χ4n) is 3.22. The monoisotopic (exact) mass is 406 g/mol. The molecular formula is C20H20Cl2N2O3. The van der Waals surface area contributed by atoms with E-state index in [4.69, 9.17) is 28.3 Å². The molecule has 1 heterocycles. The zero-order valence-corrected chi connectivity index (χ0v) is 16.1. The van der Waals surface area contributed by atoms with Crippen LogP contribution in [0.15, 0.2) is 42.5 Å². The van der Waals surface area contributed by atoms with Gasteiger partial charge in [0.25, 0.3) is 5.91 Å². The number of carbonyl (C=O) groups is 2. The second-order valence-electron chi connectivity index (χ2n) is 6.67. The van der Waals surface area contributed by atoms with E-state index in [0.717, 1.165) is 25.2 Å². The van der Waals surface area contributed by atoms with Crippen molar-refractivity contribution in [3.63, 3.8) is 0 Å². The van der Waals surface area contributed by atoms with Crippen LogP contribution >= 0.6 is 23.2 Å². The third-order valence-corrected chi connectivity index (χ3v) is 5.25. The smallest absolute Gasteiger partial charge is 0.306 e. The lowest BCUT2D eigenvalue weighted by molar-refractivity contribution is -0.143. The zero-order valence-electron chi connectivity index (χ0n) is 14.6. The summed E-state index contributed by atoms with van der Waals surface area (Å²) in [7, 11) is 0. The van der Waals surface area contributed by atoms with E-state index in [1.54, 1.807) is 12.1 Å². The standard InChI is InChI=1S/C20H20Cl2N2O3/c21-15-4-5-17(18(22)11-15)19(25)23-16-3-1-2-13(10-16)12-24-8-6-14(7-9-24)20(26)27/h1-5,10-11,14H,6-9,12H2,(H,23,25)(H,26,27). The molecule has 0 atom stereocenters. The van der Waals surface area contributed by atoms with Crippen molar-refractivity contribution < 1.29 is 14.7 Å². The molecule has 1 amide bonds. The summed E-state index contributed by atoms with van der Waals surface area (Å²) in [4.78, 5) is 25.7. The summed E-state index contributed by atoms with van der Waals surface area (Å²) in [5.41, 5.74) is 2.11. The van der Waals surface area contributed by atoms with E-state index in [1.807, 2.05) is 24.3 Å². The van der Waals surface area contributed by atoms with Crippen LogP contribution in [0.25, 0.3) is 0 Å². The highest BCUT2D eigenvalue weighted by molar-refractivity contribution is 6.37. The summed E-state index contributed by atoms with van der Waals surface area (Å²) in [5, 5.41) is 12.7. The van der Waals surface area contributed by atoms with Gasteiger partial charge in [-0.15, -0.1) is 0 Å². The summed E-state index contributed by atoms with van der Waals surface area (Å²) in [6, 6.07) is 12.4. The van der Waals surface area contributed by atoms with Crippen LogP contribution in [0, 0.1) is 5.92 Å². The molecule has 0 aromatic heterocycles. The van der Waals surface area contributed by atoms with Crippen LogP contribution in [0.4, 0.5) is 5.69 Å². The van der Waals surface area contributed by atoms with Crippen molar-refractivity contribution in [2.75, 3.05) is 18.4 Å². The first-order chi connectivity index (χ1) is 12.9. The zero-order chi connectivity index (χ0) is 19.4. The molecule has 27 heavy (non-hydrogen) atoms. The number of halogens is 2. The van der Waals surface area contributed by atoms with E-state index in [-0.39, 0.29) is 11.8 Å².